The molecule has 8 heteroatoms. The maximum absolute atomic E-state index is 11.6. The van der Waals surface area contributed by atoms with Crippen molar-refractivity contribution < 1.29 is 19.1 Å². The van der Waals surface area contributed by atoms with Gasteiger partial charge in [-0.15, -0.1) is 0 Å². The van der Waals surface area contributed by atoms with E-state index in [-0.39, 0.29) is 11.9 Å². The van der Waals surface area contributed by atoms with Gasteiger partial charge in [-0.3, -0.25) is 19.4 Å². The van der Waals surface area contributed by atoms with Crippen molar-refractivity contribution in [3.63, 3.8) is 0 Å². The molecule has 0 aromatic rings. The van der Waals surface area contributed by atoms with Gasteiger partial charge < -0.3 is 20.1 Å². The molecule has 0 aromatic carbocycles. The Morgan fingerprint density at radius 3 is 1.94 bits per heavy atom. The molecule has 0 bridgehead atoms. The van der Waals surface area contributed by atoms with Crippen LogP contribution >= 0.6 is 0 Å². The summed E-state index contributed by atoms with van der Waals surface area (Å²) in [7, 11) is 2.82. The van der Waals surface area contributed by atoms with Gasteiger partial charge in [0.05, 0.1) is 27.1 Å². The first kappa shape index (κ1) is 28.8. The van der Waals surface area contributed by atoms with Crippen LogP contribution in [0.25, 0.3) is 0 Å². The molecular formula is C24H48N4O4. The van der Waals surface area contributed by atoms with Crippen LogP contribution in [0.5, 0.6) is 0 Å². The average Bonchev–Trinajstić information content (AvgIpc) is 2.83. The van der Waals surface area contributed by atoms with Crippen LogP contribution in [0.3, 0.4) is 0 Å². The van der Waals surface area contributed by atoms with E-state index in [0.717, 1.165) is 39.1 Å². The van der Waals surface area contributed by atoms with E-state index in [2.05, 4.69) is 28.5 Å². The lowest BCUT2D eigenvalue weighted by atomic mass is 9.94. The van der Waals surface area contributed by atoms with E-state index in [9.17, 15) is 9.59 Å². The van der Waals surface area contributed by atoms with Gasteiger partial charge in [-0.1, -0.05) is 26.2 Å². The highest BCUT2D eigenvalue weighted by molar-refractivity contribution is 5.70. The number of rotatable bonds is 17. The Bertz CT molecular complexity index is 494. The number of hydrogen-bond donors (Lipinski definition) is 1. The molecule has 1 aliphatic rings. The van der Waals surface area contributed by atoms with Crippen molar-refractivity contribution >= 4 is 11.9 Å². The summed E-state index contributed by atoms with van der Waals surface area (Å²) in [6.07, 6.45) is 8.34. The fourth-order valence-corrected chi connectivity index (χ4v) is 4.46. The molecule has 0 heterocycles. The Morgan fingerprint density at radius 2 is 1.44 bits per heavy atom. The molecule has 0 radical (unpaired) electrons. The number of methoxy groups -OCH3 is 2. The molecule has 188 valence electrons. The molecular weight excluding hydrogens is 408 g/mol. The molecule has 32 heavy (non-hydrogen) atoms. The van der Waals surface area contributed by atoms with Crippen LogP contribution in [0.2, 0.25) is 0 Å². The zero-order valence-corrected chi connectivity index (χ0v) is 21.0. The largest absolute Gasteiger partial charge is 0.469 e. The summed E-state index contributed by atoms with van der Waals surface area (Å²) in [6.45, 7) is 11.1. The average molecular weight is 457 g/mol. The van der Waals surface area contributed by atoms with Gasteiger partial charge in [-0.25, -0.2) is 0 Å². The smallest absolute Gasteiger partial charge is 0.306 e. The van der Waals surface area contributed by atoms with Crippen LogP contribution < -0.4 is 5.73 Å². The number of nitrogens with two attached hydrogens (primary N) is 1. The molecule has 0 aliphatic heterocycles. The molecule has 1 unspecified atom stereocenters. The van der Waals surface area contributed by atoms with E-state index < -0.39 is 0 Å². The van der Waals surface area contributed by atoms with Gasteiger partial charge in [-0.05, 0) is 26.2 Å². The minimum Gasteiger partial charge on any atom is -0.469 e. The third-order valence-corrected chi connectivity index (χ3v) is 6.82. The summed E-state index contributed by atoms with van der Waals surface area (Å²) < 4.78 is 9.58. The van der Waals surface area contributed by atoms with Gasteiger partial charge in [-0.2, -0.15) is 0 Å². The first-order valence-electron chi connectivity index (χ1n) is 12.5. The minimum atomic E-state index is -0.225. The van der Waals surface area contributed by atoms with Crippen LogP contribution in [0.1, 0.15) is 65.2 Å². The quantitative estimate of drug-likeness (QED) is 0.333. The standard InChI is InChI=1S/C24H48N4O4/c1-5-21(2)27(19-20-28(16-13-25)22-9-7-6-8-10-22)18-17-26(14-11-23(29)31-3)15-12-24(30)32-4/h21-22H,5-20,25H2,1-4H3. The Kier molecular flexibility index (Phi) is 15.6. The van der Waals surface area contributed by atoms with Crippen molar-refractivity contribution in [2.45, 2.75) is 77.3 Å². The van der Waals surface area contributed by atoms with Crippen LogP contribution in [-0.4, -0.2) is 105 Å². The Morgan fingerprint density at radius 1 is 0.875 bits per heavy atom. The van der Waals surface area contributed by atoms with Crippen LogP contribution in [0.4, 0.5) is 0 Å². The Labute approximate surface area is 195 Å². The number of carbonyl (C=O) groups is 2. The molecule has 0 aromatic heterocycles. The van der Waals surface area contributed by atoms with E-state index in [1.165, 1.54) is 46.3 Å². The topological polar surface area (TPSA) is 88.3 Å². The Balaban J connectivity index is 2.67. The maximum atomic E-state index is 11.6. The van der Waals surface area contributed by atoms with Gasteiger partial charge >= 0.3 is 11.9 Å². The number of hydrogen-bond acceptors (Lipinski definition) is 8. The molecule has 1 atom stereocenters. The fraction of sp³-hybridized carbons (Fsp3) is 0.917. The van der Waals surface area contributed by atoms with Crippen molar-refractivity contribution in [2.24, 2.45) is 5.73 Å². The zero-order chi connectivity index (χ0) is 23.8. The predicted octanol–water partition coefficient (Wildman–Crippen LogP) is 2.11. The van der Waals surface area contributed by atoms with E-state index in [1.54, 1.807) is 0 Å². The van der Waals surface area contributed by atoms with E-state index in [4.69, 9.17) is 15.2 Å². The number of carbonyl (C=O) groups excluding carboxylic acids is 2. The number of ether oxygens (including phenoxy) is 2. The molecule has 1 saturated carbocycles. The summed E-state index contributed by atoms with van der Waals surface area (Å²) in [6, 6.07) is 1.15. The van der Waals surface area contributed by atoms with Crippen molar-refractivity contribution in [2.75, 3.05) is 66.6 Å². The highest BCUT2D eigenvalue weighted by Crippen LogP contribution is 2.22. The molecule has 0 spiro atoms. The fourth-order valence-electron chi connectivity index (χ4n) is 4.46. The van der Waals surface area contributed by atoms with Gasteiger partial charge in [0.1, 0.15) is 0 Å². The van der Waals surface area contributed by atoms with E-state index in [0.29, 0.717) is 44.6 Å². The van der Waals surface area contributed by atoms with Crippen LogP contribution in [0, 0.1) is 0 Å². The lowest BCUT2D eigenvalue weighted by Gasteiger charge is -2.37. The molecule has 0 amide bonds. The predicted molar refractivity (Wildman–Crippen MR) is 129 cm³/mol. The van der Waals surface area contributed by atoms with Crippen LogP contribution in [0.15, 0.2) is 0 Å². The first-order chi connectivity index (χ1) is 15.4. The highest BCUT2D eigenvalue weighted by Gasteiger charge is 2.22. The normalized spacial score (nSPS) is 16.0. The van der Waals surface area contributed by atoms with Crippen molar-refractivity contribution in [3.05, 3.63) is 0 Å². The second-order valence-electron chi connectivity index (χ2n) is 8.90. The summed E-state index contributed by atoms with van der Waals surface area (Å²) in [4.78, 5) is 30.6. The molecule has 8 nitrogen and oxygen atoms in total. The Hall–Kier alpha value is -1.22. The summed E-state index contributed by atoms with van der Waals surface area (Å²) in [5, 5.41) is 0. The highest BCUT2D eigenvalue weighted by atomic mass is 16.5. The summed E-state index contributed by atoms with van der Waals surface area (Å²) >= 11 is 0. The van der Waals surface area contributed by atoms with E-state index in [1.807, 2.05) is 0 Å². The lowest BCUT2D eigenvalue weighted by molar-refractivity contribution is -0.141. The third kappa shape index (κ3) is 11.6. The van der Waals surface area contributed by atoms with Gasteiger partial charge in [0.15, 0.2) is 0 Å². The van der Waals surface area contributed by atoms with Gasteiger partial charge in [0, 0.05) is 64.4 Å². The molecule has 1 rings (SSSR count). The maximum Gasteiger partial charge on any atom is 0.306 e. The van der Waals surface area contributed by atoms with E-state index >= 15 is 0 Å². The number of esters is 2. The number of nitrogens with zero attached hydrogens (tertiary/aromatic N) is 3. The second-order valence-corrected chi connectivity index (χ2v) is 8.90. The molecule has 1 aliphatic carbocycles. The van der Waals surface area contributed by atoms with Crippen molar-refractivity contribution in [1.82, 2.24) is 14.7 Å². The molecule has 1 fully saturated rings. The SMILES string of the molecule is CCC(C)N(CCN(CCC(=O)OC)CCC(=O)OC)CCN(CCN)C1CCCCC1. The summed E-state index contributed by atoms with van der Waals surface area (Å²) in [5.41, 5.74) is 5.93. The third-order valence-electron chi connectivity index (χ3n) is 6.82. The monoisotopic (exact) mass is 456 g/mol. The van der Waals surface area contributed by atoms with Gasteiger partial charge in [0.2, 0.25) is 0 Å². The minimum absolute atomic E-state index is 0.225. The zero-order valence-electron chi connectivity index (χ0n) is 21.0. The van der Waals surface area contributed by atoms with Crippen molar-refractivity contribution in [3.8, 4) is 0 Å². The molecule has 0 saturated heterocycles. The second kappa shape index (κ2) is 17.3. The summed E-state index contributed by atoms with van der Waals surface area (Å²) in [5.74, 6) is -0.450. The first-order valence-corrected chi connectivity index (χ1v) is 12.5. The lowest BCUT2D eigenvalue weighted by Crippen LogP contribution is -2.47. The van der Waals surface area contributed by atoms with Crippen molar-refractivity contribution in [1.29, 1.82) is 0 Å². The van der Waals surface area contributed by atoms with Crippen LogP contribution in [-0.2, 0) is 19.1 Å². The molecule has 2 N–H and O–H groups in total. The van der Waals surface area contributed by atoms with Gasteiger partial charge in [0.25, 0.3) is 0 Å².